The van der Waals surface area contributed by atoms with Gasteiger partial charge in [0.05, 0.1) is 16.6 Å². The van der Waals surface area contributed by atoms with Crippen molar-refractivity contribution in [2.24, 2.45) is 0 Å². The van der Waals surface area contributed by atoms with Crippen LogP contribution in [-0.4, -0.2) is 33.8 Å². The molecule has 1 aromatic heterocycles. The maximum Gasteiger partial charge on any atom is 0.430 e. The maximum absolute atomic E-state index is 13.4. The summed E-state index contributed by atoms with van der Waals surface area (Å²) in [6, 6.07) is 14.2. The number of hydrogen-bond acceptors (Lipinski definition) is 5. The number of hydrogen-bond donors (Lipinski definition) is 1. The molecule has 192 valence electrons. The van der Waals surface area contributed by atoms with E-state index in [1.54, 1.807) is 36.4 Å². The lowest BCUT2D eigenvalue weighted by atomic mass is 9.92. The second-order valence-electron chi connectivity index (χ2n) is 8.30. The molecule has 0 aliphatic carbocycles. The average molecular weight is 522 g/mol. The Bertz CT molecular complexity index is 1530. The summed E-state index contributed by atoms with van der Waals surface area (Å²) in [7, 11) is 0. The van der Waals surface area contributed by atoms with E-state index in [-0.39, 0.29) is 30.1 Å². The van der Waals surface area contributed by atoms with E-state index in [1.165, 1.54) is 6.07 Å². The van der Waals surface area contributed by atoms with Crippen LogP contribution in [0, 0.1) is 0 Å². The van der Waals surface area contributed by atoms with Gasteiger partial charge in [0.25, 0.3) is 11.2 Å². The molecule has 6 nitrogen and oxygen atoms in total. The smallest absolute Gasteiger partial charge is 0.430 e. The number of nitrogens with zero attached hydrogens (tertiary/aromatic N) is 2. The largest absolute Gasteiger partial charge is 0.454 e. The van der Waals surface area contributed by atoms with Crippen molar-refractivity contribution in [1.82, 2.24) is 9.55 Å². The Labute approximate surface area is 204 Å². The van der Waals surface area contributed by atoms with Crippen LogP contribution in [0.5, 0.6) is 11.5 Å². The Morgan fingerprint density at radius 3 is 2.19 bits per heavy atom. The molecule has 2 heterocycles. The van der Waals surface area contributed by atoms with Crippen LogP contribution in [0.3, 0.4) is 0 Å². The van der Waals surface area contributed by atoms with Crippen LogP contribution in [0.2, 0.25) is 0 Å². The highest BCUT2D eigenvalue weighted by Crippen LogP contribution is 2.50. The predicted octanol–water partition coefficient (Wildman–Crippen LogP) is 5.02. The molecule has 0 saturated carbocycles. The minimum atomic E-state index is -6.03. The second kappa shape index (κ2) is 8.51. The molecule has 0 fully saturated rings. The molecule has 0 spiro atoms. The second-order valence-corrected chi connectivity index (χ2v) is 8.30. The number of ether oxygens (including phenoxy) is 2. The first-order valence-corrected chi connectivity index (χ1v) is 10.8. The van der Waals surface area contributed by atoms with Gasteiger partial charge in [-0.05, 0) is 42.0 Å². The first kappa shape index (κ1) is 24.6. The van der Waals surface area contributed by atoms with Crippen molar-refractivity contribution in [1.29, 1.82) is 0 Å². The van der Waals surface area contributed by atoms with Crippen molar-refractivity contribution >= 4 is 10.9 Å². The van der Waals surface area contributed by atoms with Crippen molar-refractivity contribution in [3.63, 3.8) is 0 Å². The Balaban J connectivity index is 1.64. The van der Waals surface area contributed by atoms with Crippen molar-refractivity contribution in [2.45, 2.75) is 24.4 Å². The Morgan fingerprint density at radius 2 is 1.51 bits per heavy atom. The lowest BCUT2D eigenvalue weighted by Gasteiger charge is -2.32. The summed E-state index contributed by atoms with van der Waals surface area (Å²) >= 11 is 0. The summed E-state index contributed by atoms with van der Waals surface area (Å²) in [6.45, 7) is 0.0479. The van der Waals surface area contributed by atoms with Gasteiger partial charge in [-0.2, -0.15) is 26.3 Å². The fraction of sp³-hybridized carbons (Fsp3) is 0.200. The first-order chi connectivity index (χ1) is 17.4. The van der Waals surface area contributed by atoms with Crippen molar-refractivity contribution < 1.29 is 40.9 Å². The van der Waals surface area contributed by atoms with E-state index < -0.39 is 29.1 Å². The van der Waals surface area contributed by atoms with E-state index in [1.807, 2.05) is 0 Å². The lowest BCUT2D eigenvalue weighted by molar-refractivity contribution is -0.376. The summed E-state index contributed by atoms with van der Waals surface area (Å²) in [5.74, 6) is 1.19. The highest BCUT2D eigenvalue weighted by molar-refractivity contribution is 5.78. The van der Waals surface area contributed by atoms with Crippen LogP contribution in [0.25, 0.3) is 16.6 Å². The minimum Gasteiger partial charge on any atom is -0.454 e. The molecule has 12 heteroatoms. The molecule has 5 rings (SSSR count). The van der Waals surface area contributed by atoms with E-state index in [9.17, 15) is 36.2 Å². The Morgan fingerprint density at radius 1 is 0.865 bits per heavy atom. The fourth-order valence-corrected chi connectivity index (χ4v) is 4.14. The van der Waals surface area contributed by atoms with Gasteiger partial charge in [0.2, 0.25) is 6.79 Å². The van der Waals surface area contributed by atoms with Gasteiger partial charge in [-0.3, -0.25) is 9.36 Å². The van der Waals surface area contributed by atoms with Gasteiger partial charge in [0, 0.05) is 12.0 Å². The average Bonchev–Trinajstić information content (AvgIpc) is 3.31. The molecule has 0 unspecified atom stereocenters. The molecule has 0 saturated heterocycles. The van der Waals surface area contributed by atoms with E-state index in [0.29, 0.717) is 34.7 Å². The zero-order valence-electron chi connectivity index (χ0n) is 18.6. The fourth-order valence-electron chi connectivity index (χ4n) is 4.14. The molecule has 37 heavy (non-hydrogen) atoms. The number of para-hydroxylation sites is 1. The van der Waals surface area contributed by atoms with E-state index >= 15 is 0 Å². The molecule has 0 atom stereocenters. The summed E-state index contributed by atoms with van der Waals surface area (Å²) in [4.78, 5) is 17.9. The highest BCUT2D eigenvalue weighted by Gasteiger charge is 2.71. The zero-order valence-corrected chi connectivity index (χ0v) is 18.6. The normalized spacial score (nSPS) is 13.8. The standard InChI is InChI=1S/C25H16F6N2O4/c26-24(27,28)23(35,25(29,30)31)15-6-8-16(9-7-15)33-21(32-18-4-2-1-3-17(18)22(33)34)12-14-5-10-19-20(11-14)37-13-36-19/h1-11,35H,12-13H2. The molecular formula is C25H16F6N2O4. The molecule has 1 N–H and O–H groups in total. The van der Waals surface area contributed by atoms with Crippen molar-refractivity contribution in [3.05, 3.63) is 94.0 Å². The molecule has 3 aromatic carbocycles. The minimum absolute atomic E-state index is 0.0329. The molecule has 1 aliphatic heterocycles. The van der Waals surface area contributed by atoms with Gasteiger partial charge < -0.3 is 14.6 Å². The van der Waals surface area contributed by atoms with Gasteiger partial charge in [-0.25, -0.2) is 4.98 Å². The van der Waals surface area contributed by atoms with Gasteiger partial charge >= 0.3 is 12.4 Å². The van der Waals surface area contributed by atoms with Crippen LogP contribution in [0.1, 0.15) is 17.0 Å². The topological polar surface area (TPSA) is 73.6 Å². The number of aromatic nitrogens is 2. The summed E-state index contributed by atoms with van der Waals surface area (Å²) in [5.41, 5.74) is -6.10. The molecule has 0 radical (unpaired) electrons. The number of aliphatic hydroxyl groups is 1. The third-order valence-electron chi connectivity index (χ3n) is 6.01. The van der Waals surface area contributed by atoms with Gasteiger partial charge in [-0.15, -0.1) is 0 Å². The van der Waals surface area contributed by atoms with Crippen molar-refractivity contribution in [3.8, 4) is 17.2 Å². The van der Waals surface area contributed by atoms with Crippen molar-refractivity contribution in [2.75, 3.05) is 6.79 Å². The quantitative estimate of drug-likeness (QED) is 0.382. The summed E-state index contributed by atoms with van der Waals surface area (Å²) < 4.78 is 91.5. The monoisotopic (exact) mass is 522 g/mol. The number of fused-ring (bicyclic) bond motifs is 2. The Kier molecular flexibility index (Phi) is 5.66. The summed E-state index contributed by atoms with van der Waals surface area (Å²) in [5, 5.41) is 9.88. The SMILES string of the molecule is O=c1c2ccccc2nc(Cc2ccc3c(c2)OCO3)n1-c1ccc(C(O)(C(F)(F)F)C(F)(F)F)cc1. The van der Waals surface area contributed by atoms with Crippen LogP contribution in [0.4, 0.5) is 26.3 Å². The van der Waals surface area contributed by atoms with Gasteiger partial charge in [0.1, 0.15) is 5.82 Å². The number of rotatable bonds is 4. The molecule has 0 amide bonds. The summed E-state index contributed by atoms with van der Waals surface area (Å²) in [6.07, 6.45) is -12.0. The van der Waals surface area contributed by atoms with Crippen LogP contribution in [-0.2, 0) is 12.0 Å². The van der Waals surface area contributed by atoms with E-state index in [2.05, 4.69) is 4.98 Å². The first-order valence-electron chi connectivity index (χ1n) is 10.8. The number of benzene rings is 3. The lowest BCUT2D eigenvalue weighted by Crippen LogP contribution is -2.53. The van der Waals surface area contributed by atoms with E-state index in [0.717, 1.165) is 16.7 Å². The molecular weight excluding hydrogens is 506 g/mol. The van der Waals surface area contributed by atoms with E-state index in [4.69, 9.17) is 9.47 Å². The Hall–Kier alpha value is -4.06. The number of alkyl halides is 6. The number of halogens is 6. The molecule has 1 aliphatic rings. The molecule has 4 aromatic rings. The van der Waals surface area contributed by atoms with Crippen LogP contribution < -0.4 is 15.0 Å². The third kappa shape index (κ3) is 4.06. The van der Waals surface area contributed by atoms with Gasteiger partial charge in [0.15, 0.2) is 11.5 Å². The zero-order chi connectivity index (χ0) is 26.6. The molecule has 0 bridgehead atoms. The van der Waals surface area contributed by atoms with Crippen LogP contribution >= 0.6 is 0 Å². The highest BCUT2D eigenvalue weighted by atomic mass is 19.4. The van der Waals surface area contributed by atoms with Gasteiger partial charge in [-0.1, -0.05) is 30.3 Å². The predicted molar refractivity (Wildman–Crippen MR) is 119 cm³/mol. The maximum atomic E-state index is 13.4. The van der Waals surface area contributed by atoms with Crippen LogP contribution in [0.15, 0.2) is 71.5 Å². The third-order valence-corrected chi connectivity index (χ3v) is 6.01.